The number of amides is 1. The van der Waals surface area contributed by atoms with Gasteiger partial charge in [0.15, 0.2) is 5.76 Å². The average Bonchev–Trinajstić information content (AvgIpc) is 3.41. The van der Waals surface area contributed by atoms with Crippen molar-refractivity contribution in [2.24, 2.45) is 7.05 Å². The molecule has 4 aromatic heterocycles. The minimum absolute atomic E-state index is 0.163. The summed E-state index contributed by atoms with van der Waals surface area (Å²) < 4.78 is 8.95. The first kappa shape index (κ1) is 19.6. The van der Waals surface area contributed by atoms with Gasteiger partial charge < -0.3 is 14.8 Å². The summed E-state index contributed by atoms with van der Waals surface area (Å²) in [5.74, 6) is 0.303. The number of carbonyl (C=O) groups is 1. The van der Waals surface area contributed by atoms with Crippen LogP contribution < -0.4 is 5.32 Å². The molecule has 0 saturated heterocycles. The van der Waals surface area contributed by atoms with Crippen LogP contribution in [0.5, 0.6) is 0 Å². The third kappa shape index (κ3) is 4.31. The molecule has 9 heteroatoms. The van der Waals surface area contributed by atoms with Crippen LogP contribution in [-0.2, 0) is 13.6 Å². The fourth-order valence-corrected chi connectivity index (χ4v) is 3.03. The highest BCUT2D eigenvalue weighted by atomic mass is 16.4. The highest BCUT2D eigenvalue weighted by molar-refractivity contribution is 6.04. The van der Waals surface area contributed by atoms with Crippen LogP contribution in [0, 0.1) is 0 Å². The smallest absolute Gasteiger partial charge is 0.291 e. The topological polar surface area (TPSA) is 111 Å². The molecule has 4 aromatic rings. The molecule has 154 valence electrons. The van der Waals surface area contributed by atoms with Crippen molar-refractivity contribution >= 4 is 11.6 Å². The quantitative estimate of drug-likeness (QED) is 0.509. The first-order chi connectivity index (χ1) is 14.3. The summed E-state index contributed by atoms with van der Waals surface area (Å²) in [6, 6.07) is 8.79. The van der Waals surface area contributed by atoms with E-state index in [2.05, 4.69) is 20.5 Å². The summed E-state index contributed by atoms with van der Waals surface area (Å²) in [6.07, 6.45) is 6.80. The van der Waals surface area contributed by atoms with E-state index in [9.17, 15) is 9.90 Å². The highest BCUT2D eigenvalue weighted by Gasteiger charge is 2.21. The van der Waals surface area contributed by atoms with Gasteiger partial charge in [-0.3, -0.25) is 19.1 Å². The van der Waals surface area contributed by atoms with E-state index in [1.54, 1.807) is 72.3 Å². The standard InChI is InChI=1S/C21H22N6O3/c1-21(2,29)13-27-12-16(19(25-27)15-6-4-5-9-22-15)24-20(28)18-8-7-17(30-18)14-10-23-26(3)11-14/h4-12,29H,13H2,1-3H3,(H,24,28). The largest absolute Gasteiger partial charge is 0.451 e. The predicted molar refractivity (Wildman–Crippen MR) is 111 cm³/mol. The first-order valence-electron chi connectivity index (χ1n) is 9.40. The molecule has 0 aromatic carbocycles. The van der Waals surface area contributed by atoms with Gasteiger partial charge in [-0.2, -0.15) is 10.2 Å². The van der Waals surface area contributed by atoms with Gasteiger partial charge in [-0.25, -0.2) is 0 Å². The lowest BCUT2D eigenvalue weighted by atomic mass is 10.1. The number of rotatable bonds is 6. The molecule has 4 rings (SSSR count). The van der Waals surface area contributed by atoms with Gasteiger partial charge in [0.25, 0.3) is 5.91 Å². The molecule has 0 aliphatic rings. The molecule has 1 amide bonds. The Kier molecular flexibility index (Phi) is 4.96. The van der Waals surface area contributed by atoms with Crippen LogP contribution in [-0.4, -0.2) is 41.2 Å². The maximum Gasteiger partial charge on any atom is 0.291 e. The molecule has 0 saturated carbocycles. The molecule has 9 nitrogen and oxygen atoms in total. The van der Waals surface area contributed by atoms with E-state index in [1.165, 1.54) is 0 Å². The number of aliphatic hydroxyl groups is 1. The Bertz CT molecular complexity index is 1170. The summed E-state index contributed by atoms with van der Waals surface area (Å²) in [7, 11) is 1.81. The van der Waals surface area contributed by atoms with Crippen LogP contribution in [0.25, 0.3) is 22.7 Å². The summed E-state index contributed by atoms with van der Waals surface area (Å²) in [5.41, 5.74) is 1.41. The van der Waals surface area contributed by atoms with Crippen molar-refractivity contribution in [3.05, 3.63) is 60.9 Å². The number of furan rings is 1. The van der Waals surface area contributed by atoms with Crippen LogP contribution in [0.4, 0.5) is 5.69 Å². The van der Waals surface area contributed by atoms with E-state index in [-0.39, 0.29) is 12.3 Å². The van der Waals surface area contributed by atoms with Crippen molar-refractivity contribution in [3.63, 3.8) is 0 Å². The Labute approximate surface area is 173 Å². The Morgan fingerprint density at radius 3 is 2.73 bits per heavy atom. The van der Waals surface area contributed by atoms with Gasteiger partial charge in [0, 0.05) is 25.6 Å². The molecular formula is C21H22N6O3. The summed E-state index contributed by atoms with van der Waals surface area (Å²) in [5, 5.41) is 21.6. The molecule has 0 aliphatic heterocycles. The van der Waals surface area contributed by atoms with Crippen molar-refractivity contribution in [1.82, 2.24) is 24.5 Å². The third-order valence-electron chi connectivity index (χ3n) is 4.29. The number of aryl methyl sites for hydroxylation is 1. The zero-order valence-corrected chi connectivity index (χ0v) is 16.9. The Morgan fingerprint density at radius 1 is 1.23 bits per heavy atom. The van der Waals surface area contributed by atoms with Crippen molar-refractivity contribution < 1.29 is 14.3 Å². The molecule has 0 aliphatic carbocycles. The fourth-order valence-electron chi connectivity index (χ4n) is 3.03. The lowest BCUT2D eigenvalue weighted by Gasteiger charge is -2.16. The number of hydrogen-bond donors (Lipinski definition) is 2. The van der Waals surface area contributed by atoms with Gasteiger partial charge >= 0.3 is 0 Å². The Morgan fingerprint density at radius 2 is 2.07 bits per heavy atom. The maximum atomic E-state index is 12.8. The number of aromatic nitrogens is 5. The normalized spacial score (nSPS) is 11.6. The number of hydrogen-bond acceptors (Lipinski definition) is 6. The molecule has 2 N–H and O–H groups in total. The van der Waals surface area contributed by atoms with Gasteiger partial charge in [-0.15, -0.1) is 0 Å². The summed E-state index contributed by atoms with van der Waals surface area (Å²) in [4.78, 5) is 17.1. The van der Waals surface area contributed by atoms with Crippen LogP contribution >= 0.6 is 0 Å². The number of nitrogens with zero attached hydrogens (tertiary/aromatic N) is 5. The highest BCUT2D eigenvalue weighted by Crippen LogP contribution is 2.27. The van der Waals surface area contributed by atoms with Crippen LogP contribution in [0.3, 0.4) is 0 Å². The molecule has 0 spiro atoms. The van der Waals surface area contributed by atoms with Crippen LogP contribution in [0.1, 0.15) is 24.4 Å². The van der Waals surface area contributed by atoms with Crippen molar-refractivity contribution in [1.29, 1.82) is 0 Å². The maximum absolute atomic E-state index is 12.8. The number of carbonyl (C=O) groups excluding carboxylic acids is 1. The van der Waals surface area contributed by atoms with Crippen molar-refractivity contribution in [3.8, 4) is 22.7 Å². The van der Waals surface area contributed by atoms with Gasteiger partial charge in [0.2, 0.25) is 0 Å². The number of anilines is 1. The summed E-state index contributed by atoms with van der Waals surface area (Å²) >= 11 is 0. The van der Waals surface area contributed by atoms with Gasteiger partial charge in [0.05, 0.1) is 35.3 Å². The van der Waals surface area contributed by atoms with E-state index >= 15 is 0 Å². The molecule has 30 heavy (non-hydrogen) atoms. The minimum atomic E-state index is -0.964. The predicted octanol–water partition coefficient (Wildman–Crippen LogP) is 2.96. The second-order valence-electron chi connectivity index (χ2n) is 7.64. The fraction of sp³-hybridized carbons (Fsp3) is 0.238. The molecule has 0 fully saturated rings. The monoisotopic (exact) mass is 406 g/mol. The zero-order chi connectivity index (χ0) is 21.3. The van der Waals surface area contributed by atoms with E-state index in [4.69, 9.17) is 4.42 Å². The minimum Gasteiger partial charge on any atom is -0.451 e. The molecule has 0 radical (unpaired) electrons. The SMILES string of the molecule is Cn1cc(-c2ccc(C(=O)Nc3cn(CC(C)(C)O)nc3-c3ccccn3)o2)cn1. The van der Waals surface area contributed by atoms with Gasteiger partial charge in [0.1, 0.15) is 11.5 Å². The van der Waals surface area contributed by atoms with E-state index in [0.29, 0.717) is 22.8 Å². The van der Waals surface area contributed by atoms with Crippen LogP contribution in [0.2, 0.25) is 0 Å². The van der Waals surface area contributed by atoms with E-state index < -0.39 is 11.5 Å². The number of pyridine rings is 1. The van der Waals surface area contributed by atoms with Crippen molar-refractivity contribution in [2.45, 2.75) is 26.0 Å². The lowest BCUT2D eigenvalue weighted by molar-refractivity contribution is 0.0578. The molecule has 4 heterocycles. The van der Waals surface area contributed by atoms with Crippen molar-refractivity contribution in [2.75, 3.05) is 5.32 Å². The Balaban J connectivity index is 1.61. The second-order valence-corrected chi connectivity index (χ2v) is 7.64. The Hall–Kier alpha value is -3.72. The molecule has 0 unspecified atom stereocenters. The molecular weight excluding hydrogens is 384 g/mol. The second kappa shape index (κ2) is 7.60. The van der Waals surface area contributed by atoms with Gasteiger partial charge in [-0.05, 0) is 38.1 Å². The molecule has 0 atom stereocenters. The first-order valence-corrected chi connectivity index (χ1v) is 9.40. The van der Waals surface area contributed by atoms with E-state index in [1.807, 2.05) is 13.1 Å². The van der Waals surface area contributed by atoms with Crippen LogP contribution in [0.15, 0.2) is 59.5 Å². The molecule has 0 bridgehead atoms. The zero-order valence-electron chi connectivity index (χ0n) is 16.9. The van der Waals surface area contributed by atoms with Gasteiger partial charge in [-0.1, -0.05) is 6.07 Å². The summed E-state index contributed by atoms with van der Waals surface area (Å²) in [6.45, 7) is 3.64. The average molecular weight is 406 g/mol. The van der Waals surface area contributed by atoms with E-state index in [0.717, 1.165) is 5.56 Å². The lowest BCUT2D eigenvalue weighted by Crippen LogP contribution is -2.26. The third-order valence-corrected chi connectivity index (χ3v) is 4.29. The number of nitrogens with one attached hydrogen (secondary N) is 1.